The van der Waals surface area contributed by atoms with Gasteiger partial charge in [0, 0.05) is 35.0 Å². The van der Waals surface area contributed by atoms with Crippen molar-refractivity contribution >= 4 is 16.8 Å². The van der Waals surface area contributed by atoms with E-state index >= 15 is 0 Å². The van der Waals surface area contributed by atoms with Crippen LogP contribution in [0.4, 0.5) is 0 Å². The first kappa shape index (κ1) is 17.7. The third kappa shape index (κ3) is 2.92. The lowest BCUT2D eigenvalue weighted by atomic mass is 9.91. The second-order valence-electron chi connectivity index (χ2n) is 7.76. The second-order valence-corrected chi connectivity index (χ2v) is 7.76. The fourth-order valence-electron chi connectivity index (χ4n) is 4.51. The van der Waals surface area contributed by atoms with E-state index in [0.29, 0.717) is 12.1 Å². The highest BCUT2D eigenvalue weighted by molar-refractivity contribution is 5.96. The van der Waals surface area contributed by atoms with E-state index in [1.54, 1.807) is 6.20 Å². The maximum atomic E-state index is 13.6. The van der Waals surface area contributed by atoms with Crippen molar-refractivity contribution in [1.29, 1.82) is 0 Å². The van der Waals surface area contributed by atoms with Gasteiger partial charge in [-0.15, -0.1) is 0 Å². The lowest BCUT2D eigenvalue weighted by molar-refractivity contribution is 0.0690. The summed E-state index contributed by atoms with van der Waals surface area (Å²) in [6.07, 6.45) is 2.57. The molecule has 0 saturated heterocycles. The molecule has 5 rings (SSSR count). The van der Waals surface area contributed by atoms with Crippen LogP contribution in [0.15, 0.2) is 66.9 Å². The number of carbonyl (C=O) groups excluding carboxylic acids is 1. The van der Waals surface area contributed by atoms with Crippen LogP contribution in [0.1, 0.15) is 44.5 Å². The Labute approximate surface area is 170 Å². The van der Waals surface area contributed by atoms with E-state index in [9.17, 15) is 4.79 Å². The lowest BCUT2D eigenvalue weighted by Gasteiger charge is -2.36. The maximum absolute atomic E-state index is 13.6. The van der Waals surface area contributed by atoms with Crippen LogP contribution in [-0.2, 0) is 6.42 Å². The van der Waals surface area contributed by atoms with Gasteiger partial charge < -0.3 is 9.88 Å². The van der Waals surface area contributed by atoms with Crippen LogP contribution in [0, 0.1) is 13.8 Å². The van der Waals surface area contributed by atoms with E-state index in [2.05, 4.69) is 59.4 Å². The van der Waals surface area contributed by atoms with Gasteiger partial charge in [0.05, 0.1) is 11.6 Å². The zero-order valence-electron chi connectivity index (χ0n) is 16.6. The molecule has 0 radical (unpaired) electrons. The van der Waals surface area contributed by atoms with Crippen molar-refractivity contribution in [2.24, 2.45) is 0 Å². The predicted molar refractivity (Wildman–Crippen MR) is 115 cm³/mol. The predicted octanol–water partition coefficient (Wildman–Crippen LogP) is 4.97. The van der Waals surface area contributed by atoms with E-state index < -0.39 is 0 Å². The van der Waals surface area contributed by atoms with E-state index in [-0.39, 0.29) is 11.9 Å². The summed E-state index contributed by atoms with van der Waals surface area (Å²) in [5.41, 5.74) is 7.33. The molecule has 144 valence electrons. The summed E-state index contributed by atoms with van der Waals surface area (Å²) in [6, 6.07) is 20.4. The van der Waals surface area contributed by atoms with E-state index in [1.807, 2.05) is 30.0 Å². The normalized spacial score (nSPS) is 16.1. The molecule has 4 aromatic rings. The summed E-state index contributed by atoms with van der Waals surface area (Å²) in [6.45, 7) is 4.67. The van der Waals surface area contributed by atoms with Crippen LogP contribution < -0.4 is 0 Å². The Kier molecular flexibility index (Phi) is 4.20. The number of benzene rings is 2. The molecule has 1 amide bonds. The van der Waals surface area contributed by atoms with Gasteiger partial charge in [-0.05, 0) is 49.6 Å². The Morgan fingerprint density at radius 2 is 1.93 bits per heavy atom. The van der Waals surface area contributed by atoms with Crippen LogP contribution in [0.5, 0.6) is 0 Å². The van der Waals surface area contributed by atoms with E-state index in [4.69, 9.17) is 0 Å². The van der Waals surface area contributed by atoms with Gasteiger partial charge in [-0.3, -0.25) is 9.78 Å². The molecular formula is C25H23N3O. The average Bonchev–Trinajstić information content (AvgIpc) is 3.11. The Balaban J connectivity index is 1.69. The van der Waals surface area contributed by atoms with Crippen LogP contribution in [0.25, 0.3) is 10.9 Å². The third-order valence-corrected chi connectivity index (χ3v) is 5.89. The lowest BCUT2D eigenvalue weighted by Crippen LogP contribution is -2.41. The van der Waals surface area contributed by atoms with Crippen molar-refractivity contribution in [3.63, 3.8) is 0 Å². The van der Waals surface area contributed by atoms with Gasteiger partial charge in [-0.1, -0.05) is 48.0 Å². The van der Waals surface area contributed by atoms with Gasteiger partial charge in [0.2, 0.25) is 0 Å². The van der Waals surface area contributed by atoms with Crippen LogP contribution in [0.2, 0.25) is 0 Å². The molecule has 1 atom stereocenters. The number of fused-ring (bicyclic) bond motifs is 3. The SMILES string of the molecule is Cc1cccc(C2c3[nH]c4ccccc4c3CCN2C(=O)c2cccnc2C)c1. The second kappa shape index (κ2) is 6.89. The number of para-hydroxylation sites is 1. The summed E-state index contributed by atoms with van der Waals surface area (Å²) in [7, 11) is 0. The molecule has 2 aromatic carbocycles. The highest BCUT2D eigenvalue weighted by atomic mass is 16.2. The molecule has 1 aliphatic heterocycles. The molecule has 0 saturated carbocycles. The summed E-state index contributed by atoms with van der Waals surface area (Å²) < 4.78 is 0. The van der Waals surface area contributed by atoms with Crippen LogP contribution >= 0.6 is 0 Å². The first-order valence-corrected chi connectivity index (χ1v) is 10.0. The van der Waals surface area contributed by atoms with E-state index in [0.717, 1.165) is 28.9 Å². The molecule has 1 aliphatic rings. The molecule has 4 heteroatoms. The molecule has 29 heavy (non-hydrogen) atoms. The zero-order valence-corrected chi connectivity index (χ0v) is 16.6. The topological polar surface area (TPSA) is 49.0 Å². The number of amides is 1. The largest absolute Gasteiger partial charge is 0.356 e. The number of aryl methyl sites for hydroxylation is 2. The first-order valence-electron chi connectivity index (χ1n) is 10.0. The average molecular weight is 381 g/mol. The van der Waals surface area contributed by atoms with Crippen molar-refractivity contribution in [2.75, 3.05) is 6.54 Å². The Hall–Kier alpha value is -3.40. The van der Waals surface area contributed by atoms with Crippen molar-refractivity contribution in [3.8, 4) is 0 Å². The molecule has 0 aliphatic carbocycles. The molecule has 3 heterocycles. The Bertz CT molecular complexity index is 1220. The number of aromatic nitrogens is 2. The number of rotatable bonds is 2. The number of pyridine rings is 1. The number of hydrogen-bond donors (Lipinski definition) is 1. The fraction of sp³-hybridized carbons (Fsp3) is 0.200. The molecule has 1 N–H and O–H groups in total. The highest BCUT2D eigenvalue weighted by Gasteiger charge is 2.35. The molecule has 1 unspecified atom stereocenters. The minimum atomic E-state index is -0.141. The van der Waals surface area contributed by atoms with Crippen molar-refractivity contribution in [2.45, 2.75) is 26.3 Å². The first-order chi connectivity index (χ1) is 14.1. The number of carbonyl (C=O) groups is 1. The fourth-order valence-corrected chi connectivity index (χ4v) is 4.51. The van der Waals surface area contributed by atoms with Gasteiger partial charge in [-0.2, -0.15) is 0 Å². The van der Waals surface area contributed by atoms with Gasteiger partial charge >= 0.3 is 0 Å². The number of nitrogens with zero attached hydrogens (tertiary/aromatic N) is 2. The monoisotopic (exact) mass is 381 g/mol. The van der Waals surface area contributed by atoms with Crippen molar-refractivity contribution in [1.82, 2.24) is 14.9 Å². The Morgan fingerprint density at radius 3 is 2.76 bits per heavy atom. The van der Waals surface area contributed by atoms with Gasteiger partial charge in [0.15, 0.2) is 0 Å². The van der Waals surface area contributed by atoms with Crippen molar-refractivity contribution in [3.05, 3.63) is 101 Å². The number of hydrogen-bond acceptors (Lipinski definition) is 2. The number of nitrogens with one attached hydrogen (secondary N) is 1. The molecule has 0 bridgehead atoms. The minimum absolute atomic E-state index is 0.0337. The van der Waals surface area contributed by atoms with Gasteiger partial charge in [0.25, 0.3) is 5.91 Å². The number of H-pyrrole nitrogens is 1. The summed E-state index contributed by atoms with van der Waals surface area (Å²) >= 11 is 0. The van der Waals surface area contributed by atoms with Gasteiger partial charge in [0.1, 0.15) is 0 Å². The molecular weight excluding hydrogens is 358 g/mol. The smallest absolute Gasteiger partial charge is 0.256 e. The number of aromatic amines is 1. The van der Waals surface area contributed by atoms with Crippen molar-refractivity contribution < 1.29 is 4.79 Å². The zero-order chi connectivity index (χ0) is 20.0. The van der Waals surface area contributed by atoms with Crippen LogP contribution in [0.3, 0.4) is 0 Å². The highest BCUT2D eigenvalue weighted by Crippen LogP contribution is 2.39. The third-order valence-electron chi connectivity index (χ3n) is 5.89. The molecule has 4 nitrogen and oxygen atoms in total. The molecule has 0 spiro atoms. The summed E-state index contributed by atoms with van der Waals surface area (Å²) in [5, 5.41) is 1.25. The summed E-state index contributed by atoms with van der Waals surface area (Å²) in [5.74, 6) is 0.0337. The molecule has 2 aromatic heterocycles. The Morgan fingerprint density at radius 1 is 1.07 bits per heavy atom. The maximum Gasteiger partial charge on any atom is 0.256 e. The quantitative estimate of drug-likeness (QED) is 0.533. The molecule has 0 fully saturated rings. The summed E-state index contributed by atoms with van der Waals surface area (Å²) in [4.78, 5) is 23.5. The standard InChI is InChI=1S/C25H23N3O/c1-16-7-5-8-18(15-16)24-23-21(20-9-3-4-11-22(20)27-23)12-14-28(24)25(29)19-10-6-13-26-17(19)2/h3-11,13,15,24,27H,12,14H2,1-2H3. The van der Waals surface area contributed by atoms with E-state index in [1.165, 1.54) is 16.5 Å². The van der Waals surface area contributed by atoms with Gasteiger partial charge in [-0.25, -0.2) is 0 Å². The minimum Gasteiger partial charge on any atom is -0.356 e. The van der Waals surface area contributed by atoms with Crippen LogP contribution in [-0.4, -0.2) is 27.3 Å².